The number of ether oxygens (including phenoxy) is 1. The maximum absolute atomic E-state index is 13.1. The minimum Gasteiger partial charge on any atom is -0.385 e. The minimum atomic E-state index is -4.43. The van der Waals surface area contributed by atoms with Gasteiger partial charge in [0.1, 0.15) is 0 Å². The molecule has 1 heterocycles. The Morgan fingerprint density at radius 2 is 2.04 bits per heavy atom. The molecule has 1 aromatic rings. The van der Waals surface area contributed by atoms with Gasteiger partial charge in [-0.15, -0.1) is 0 Å². The molecule has 0 radical (unpaired) electrons. The fourth-order valence-electron chi connectivity index (χ4n) is 2.93. The fourth-order valence-corrected chi connectivity index (χ4v) is 2.93. The summed E-state index contributed by atoms with van der Waals surface area (Å²) < 4.78 is 44.4. The van der Waals surface area contributed by atoms with Crippen molar-refractivity contribution in [3.63, 3.8) is 0 Å². The maximum atomic E-state index is 13.1. The molecule has 0 aromatic heterocycles. The van der Waals surface area contributed by atoms with E-state index in [1.54, 1.807) is 7.11 Å². The first kappa shape index (κ1) is 18.6. The molecular formula is C17H22F3N3O. The Kier molecular flexibility index (Phi) is 6.46. The Bertz CT molecular complexity index is 575. The van der Waals surface area contributed by atoms with Crippen molar-refractivity contribution in [1.29, 1.82) is 5.26 Å². The Balaban J connectivity index is 1.98. The molecule has 132 valence electrons. The molecule has 4 nitrogen and oxygen atoms in total. The number of nitrogens with zero attached hydrogens (tertiary/aromatic N) is 2. The highest BCUT2D eigenvalue weighted by atomic mass is 19.4. The van der Waals surface area contributed by atoms with Crippen LogP contribution in [0.4, 0.5) is 18.9 Å². The molecule has 1 aliphatic heterocycles. The summed E-state index contributed by atoms with van der Waals surface area (Å²) in [5.41, 5.74) is -0.495. The van der Waals surface area contributed by atoms with Crippen molar-refractivity contribution in [2.45, 2.75) is 31.5 Å². The predicted molar refractivity (Wildman–Crippen MR) is 85.7 cm³/mol. The third kappa shape index (κ3) is 5.11. The first-order valence-electron chi connectivity index (χ1n) is 8.03. The zero-order chi connectivity index (χ0) is 17.6. The molecule has 1 saturated heterocycles. The Morgan fingerprint density at radius 3 is 2.62 bits per heavy atom. The monoisotopic (exact) mass is 341 g/mol. The van der Waals surface area contributed by atoms with E-state index in [2.05, 4.69) is 10.2 Å². The van der Waals surface area contributed by atoms with Crippen molar-refractivity contribution in [1.82, 2.24) is 4.90 Å². The van der Waals surface area contributed by atoms with Crippen LogP contribution in [0.15, 0.2) is 18.2 Å². The van der Waals surface area contributed by atoms with Crippen LogP contribution in [0, 0.1) is 11.3 Å². The summed E-state index contributed by atoms with van der Waals surface area (Å²) in [6.07, 6.45) is -1.92. The van der Waals surface area contributed by atoms with Crippen LogP contribution in [0.2, 0.25) is 0 Å². The van der Waals surface area contributed by atoms with Gasteiger partial charge in [-0.3, -0.25) is 0 Å². The molecule has 0 saturated carbocycles. The van der Waals surface area contributed by atoms with E-state index in [0.29, 0.717) is 6.61 Å². The number of anilines is 1. The van der Waals surface area contributed by atoms with E-state index in [1.165, 1.54) is 12.1 Å². The number of piperidine rings is 1. The molecule has 0 bridgehead atoms. The number of hydrogen-bond donors (Lipinski definition) is 1. The summed E-state index contributed by atoms with van der Waals surface area (Å²) in [7, 11) is 1.67. The van der Waals surface area contributed by atoms with Gasteiger partial charge < -0.3 is 15.0 Å². The van der Waals surface area contributed by atoms with Crippen molar-refractivity contribution in [3.05, 3.63) is 29.3 Å². The molecule has 0 amide bonds. The van der Waals surface area contributed by atoms with Gasteiger partial charge in [0.05, 0.1) is 17.2 Å². The van der Waals surface area contributed by atoms with Gasteiger partial charge in [0.2, 0.25) is 0 Å². The van der Waals surface area contributed by atoms with Crippen molar-refractivity contribution in [2.24, 2.45) is 0 Å². The average molecular weight is 341 g/mol. The molecule has 1 aliphatic rings. The third-order valence-electron chi connectivity index (χ3n) is 4.22. The van der Waals surface area contributed by atoms with E-state index in [9.17, 15) is 13.2 Å². The van der Waals surface area contributed by atoms with E-state index < -0.39 is 11.7 Å². The quantitative estimate of drug-likeness (QED) is 0.805. The number of halogens is 3. The van der Waals surface area contributed by atoms with Gasteiger partial charge in [-0.2, -0.15) is 18.4 Å². The summed E-state index contributed by atoms with van der Waals surface area (Å²) in [4.78, 5) is 2.30. The van der Waals surface area contributed by atoms with Gasteiger partial charge in [0, 0.05) is 45.1 Å². The summed E-state index contributed by atoms with van der Waals surface area (Å²) in [5.74, 6) is 0. The molecule has 2 rings (SSSR count). The zero-order valence-corrected chi connectivity index (χ0v) is 13.7. The molecule has 24 heavy (non-hydrogen) atoms. The lowest BCUT2D eigenvalue weighted by atomic mass is 10.0. The van der Waals surface area contributed by atoms with E-state index >= 15 is 0 Å². The Hall–Kier alpha value is -1.78. The summed E-state index contributed by atoms with van der Waals surface area (Å²) >= 11 is 0. The second kappa shape index (κ2) is 8.36. The van der Waals surface area contributed by atoms with Gasteiger partial charge in [-0.25, -0.2) is 0 Å². The number of likely N-dealkylation sites (tertiary alicyclic amines) is 1. The molecular weight excluding hydrogens is 319 g/mol. The van der Waals surface area contributed by atoms with Gasteiger partial charge in [-0.05, 0) is 37.5 Å². The lowest BCUT2D eigenvalue weighted by Gasteiger charge is -2.33. The predicted octanol–water partition coefficient (Wildman–Crippen LogP) is 3.49. The highest BCUT2D eigenvalue weighted by Gasteiger charge is 2.34. The summed E-state index contributed by atoms with van der Waals surface area (Å²) in [6.45, 7) is 3.35. The third-order valence-corrected chi connectivity index (χ3v) is 4.22. The van der Waals surface area contributed by atoms with Crippen molar-refractivity contribution in [2.75, 3.05) is 38.7 Å². The van der Waals surface area contributed by atoms with Crippen LogP contribution >= 0.6 is 0 Å². The summed E-state index contributed by atoms with van der Waals surface area (Å²) in [6, 6.07) is 5.34. The van der Waals surface area contributed by atoms with Gasteiger partial charge >= 0.3 is 6.18 Å². The fraction of sp³-hybridized carbons (Fsp3) is 0.588. The molecule has 1 N–H and O–H groups in total. The topological polar surface area (TPSA) is 48.3 Å². The second-order valence-electron chi connectivity index (χ2n) is 5.98. The molecule has 0 atom stereocenters. The van der Waals surface area contributed by atoms with E-state index in [-0.39, 0.29) is 17.3 Å². The van der Waals surface area contributed by atoms with Crippen molar-refractivity contribution >= 4 is 5.69 Å². The minimum absolute atomic E-state index is 0.000571. The maximum Gasteiger partial charge on any atom is 0.418 e. The largest absolute Gasteiger partial charge is 0.418 e. The number of hydrogen-bond acceptors (Lipinski definition) is 4. The van der Waals surface area contributed by atoms with E-state index in [4.69, 9.17) is 10.00 Å². The Morgan fingerprint density at radius 1 is 1.33 bits per heavy atom. The number of rotatable bonds is 6. The lowest BCUT2D eigenvalue weighted by molar-refractivity contribution is -0.137. The highest BCUT2D eigenvalue weighted by Crippen LogP contribution is 2.36. The number of nitriles is 1. The zero-order valence-electron chi connectivity index (χ0n) is 13.7. The first-order valence-corrected chi connectivity index (χ1v) is 8.03. The lowest BCUT2D eigenvalue weighted by Crippen LogP contribution is -2.40. The van der Waals surface area contributed by atoms with Crippen LogP contribution in [-0.2, 0) is 10.9 Å². The van der Waals surface area contributed by atoms with Crippen molar-refractivity contribution in [3.8, 4) is 6.07 Å². The molecule has 7 heteroatoms. The Labute approximate surface area is 140 Å². The molecule has 0 spiro atoms. The standard InChI is InChI=1S/C17H22F3N3O/c1-24-10-2-7-23-8-5-14(6-9-23)22-16-11-13(12-21)3-4-15(16)17(18,19)20/h3-4,11,14,22H,2,5-10H2,1H3. The average Bonchev–Trinajstić information content (AvgIpc) is 2.55. The molecule has 0 aliphatic carbocycles. The molecule has 1 aromatic carbocycles. The second-order valence-corrected chi connectivity index (χ2v) is 5.98. The van der Waals surface area contributed by atoms with Gasteiger partial charge in [0.25, 0.3) is 0 Å². The van der Waals surface area contributed by atoms with Crippen LogP contribution in [0.25, 0.3) is 0 Å². The SMILES string of the molecule is COCCCN1CCC(Nc2cc(C#N)ccc2C(F)(F)F)CC1. The normalized spacial score (nSPS) is 16.8. The molecule has 0 unspecified atom stereocenters. The van der Waals surface area contributed by atoms with Crippen LogP contribution in [-0.4, -0.2) is 44.3 Å². The van der Waals surface area contributed by atoms with Crippen LogP contribution in [0.5, 0.6) is 0 Å². The van der Waals surface area contributed by atoms with Gasteiger partial charge in [-0.1, -0.05) is 0 Å². The van der Waals surface area contributed by atoms with Crippen LogP contribution < -0.4 is 5.32 Å². The number of alkyl halides is 3. The molecule has 1 fully saturated rings. The van der Waals surface area contributed by atoms with Crippen molar-refractivity contribution < 1.29 is 17.9 Å². The van der Waals surface area contributed by atoms with Crippen LogP contribution in [0.1, 0.15) is 30.4 Å². The van der Waals surface area contributed by atoms with Gasteiger partial charge in [0.15, 0.2) is 0 Å². The number of methoxy groups -OCH3 is 1. The first-order chi connectivity index (χ1) is 11.4. The van der Waals surface area contributed by atoms with E-state index in [0.717, 1.165) is 45.0 Å². The van der Waals surface area contributed by atoms with Crippen LogP contribution in [0.3, 0.4) is 0 Å². The summed E-state index contributed by atoms with van der Waals surface area (Å²) in [5, 5.41) is 11.9. The van der Waals surface area contributed by atoms with E-state index in [1.807, 2.05) is 6.07 Å². The number of nitrogens with one attached hydrogen (secondary N) is 1. The highest BCUT2D eigenvalue weighted by molar-refractivity contribution is 5.57. The number of benzene rings is 1. The smallest absolute Gasteiger partial charge is 0.385 e.